The maximum atomic E-state index is 11.8. The number of thiophene rings is 1. The van der Waals surface area contributed by atoms with Crippen LogP contribution in [0.25, 0.3) is 0 Å². The highest BCUT2D eigenvalue weighted by molar-refractivity contribution is 9.11. The molecule has 1 aromatic heterocycles. The van der Waals surface area contributed by atoms with Crippen LogP contribution in [-0.2, 0) is 0 Å². The first-order valence-corrected chi connectivity index (χ1v) is 7.49. The van der Waals surface area contributed by atoms with E-state index in [2.05, 4.69) is 21.2 Å². The normalized spacial score (nSPS) is 12.1. The molecule has 2 nitrogen and oxygen atoms in total. The average Bonchev–Trinajstić information content (AvgIpc) is 2.83. The highest BCUT2D eigenvalue weighted by Crippen LogP contribution is 2.21. The van der Waals surface area contributed by atoms with E-state index in [4.69, 9.17) is 11.6 Å². The minimum atomic E-state index is -0.211. The van der Waals surface area contributed by atoms with Gasteiger partial charge in [0.15, 0.2) is 0 Å². The molecule has 0 aliphatic heterocycles. The van der Waals surface area contributed by atoms with Crippen LogP contribution in [0.3, 0.4) is 0 Å². The molecule has 0 spiro atoms. The average molecular weight is 345 g/mol. The van der Waals surface area contributed by atoms with Crippen LogP contribution in [0.4, 0.5) is 0 Å². The van der Waals surface area contributed by atoms with Crippen LogP contribution in [0, 0.1) is 0 Å². The Morgan fingerprint density at radius 3 is 2.72 bits per heavy atom. The van der Waals surface area contributed by atoms with Gasteiger partial charge in [-0.3, -0.25) is 4.79 Å². The van der Waals surface area contributed by atoms with Gasteiger partial charge in [0.25, 0.3) is 5.91 Å². The van der Waals surface area contributed by atoms with Gasteiger partial charge in [0, 0.05) is 11.9 Å². The van der Waals surface area contributed by atoms with Gasteiger partial charge in [-0.2, -0.15) is 0 Å². The molecule has 0 bridgehead atoms. The van der Waals surface area contributed by atoms with Crippen molar-refractivity contribution in [3.63, 3.8) is 0 Å². The van der Waals surface area contributed by atoms with Gasteiger partial charge in [-0.25, -0.2) is 0 Å². The van der Waals surface area contributed by atoms with Crippen LogP contribution in [0.1, 0.15) is 21.3 Å². The third-order valence-electron chi connectivity index (χ3n) is 2.43. The molecule has 1 unspecified atom stereocenters. The summed E-state index contributed by atoms with van der Waals surface area (Å²) in [6.45, 7) is 0.415. The minimum absolute atomic E-state index is 0.0986. The summed E-state index contributed by atoms with van der Waals surface area (Å²) in [5.41, 5.74) is 1.66. The third kappa shape index (κ3) is 3.57. The minimum Gasteiger partial charge on any atom is -0.350 e. The second-order valence-electron chi connectivity index (χ2n) is 3.73. The molecule has 2 aromatic rings. The van der Waals surface area contributed by atoms with Crippen LogP contribution in [0.5, 0.6) is 0 Å². The van der Waals surface area contributed by atoms with Gasteiger partial charge in [0.05, 0.1) is 14.7 Å². The van der Waals surface area contributed by atoms with E-state index >= 15 is 0 Å². The van der Waals surface area contributed by atoms with Gasteiger partial charge in [0.1, 0.15) is 0 Å². The Morgan fingerprint density at radius 1 is 1.39 bits per heavy atom. The molecule has 18 heavy (non-hydrogen) atoms. The van der Waals surface area contributed by atoms with E-state index in [1.165, 1.54) is 11.3 Å². The van der Waals surface area contributed by atoms with Crippen LogP contribution in [0.2, 0.25) is 0 Å². The van der Waals surface area contributed by atoms with Crippen molar-refractivity contribution in [3.8, 4) is 0 Å². The number of nitrogens with one attached hydrogen (secondary N) is 1. The molecule has 1 heterocycles. The number of alkyl halides is 1. The van der Waals surface area contributed by atoms with E-state index in [0.717, 1.165) is 9.35 Å². The molecule has 1 aromatic carbocycles. The van der Waals surface area contributed by atoms with Crippen LogP contribution >= 0.6 is 38.9 Å². The fourth-order valence-electron chi connectivity index (χ4n) is 1.49. The lowest BCUT2D eigenvalue weighted by molar-refractivity contribution is 0.0954. The van der Waals surface area contributed by atoms with E-state index in [9.17, 15) is 4.79 Å². The summed E-state index contributed by atoms with van der Waals surface area (Å²) in [5, 5.41) is 4.43. The molecule has 0 aliphatic rings. The number of hydrogen-bond donors (Lipinski definition) is 1. The Labute approximate surface area is 123 Å². The van der Waals surface area contributed by atoms with Gasteiger partial charge in [-0.15, -0.1) is 22.9 Å². The second-order valence-corrected chi connectivity index (χ2v) is 6.55. The highest BCUT2D eigenvalue weighted by atomic mass is 79.9. The fourth-order valence-corrected chi connectivity index (χ4v) is 2.85. The van der Waals surface area contributed by atoms with Crippen molar-refractivity contribution in [2.45, 2.75) is 5.38 Å². The Morgan fingerprint density at radius 2 is 2.11 bits per heavy atom. The van der Waals surface area contributed by atoms with E-state index in [0.29, 0.717) is 12.1 Å². The van der Waals surface area contributed by atoms with Gasteiger partial charge >= 0.3 is 0 Å². The molecule has 0 saturated carbocycles. The third-order valence-corrected chi connectivity index (χ3v) is 4.34. The SMILES string of the molecule is O=C(NCC(Cl)c1ccccc1)c1csc(Br)c1. The number of carbonyl (C=O) groups excluding carboxylic acids is 1. The molecule has 5 heteroatoms. The largest absolute Gasteiger partial charge is 0.350 e. The van der Waals surface area contributed by atoms with Crippen LogP contribution < -0.4 is 5.32 Å². The number of benzene rings is 1. The summed E-state index contributed by atoms with van der Waals surface area (Å²) in [6.07, 6.45) is 0. The van der Waals surface area contributed by atoms with E-state index in [1.807, 2.05) is 35.7 Å². The summed E-state index contributed by atoms with van der Waals surface area (Å²) in [7, 11) is 0. The summed E-state index contributed by atoms with van der Waals surface area (Å²) in [4.78, 5) is 11.8. The second kappa shape index (κ2) is 6.36. The van der Waals surface area contributed by atoms with Crippen molar-refractivity contribution in [1.29, 1.82) is 0 Å². The van der Waals surface area contributed by atoms with E-state index < -0.39 is 0 Å². The fraction of sp³-hybridized carbons (Fsp3) is 0.154. The predicted octanol–water partition coefficient (Wildman–Crippen LogP) is 4.22. The molecule has 0 saturated heterocycles. The van der Waals surface area contributed by atoms with E-state index in [-0.39, 0.29) is 11.3 Å². The van der Waals surface area contributed by atoms with Crippen molar-refractivity contribution in [1.82, 2.24) is 5.32 Å². The Kier molecular flexibility index (Phi) is 4.80. The number of hydrogen-bond acceptors (Lipinski definition) is 2. The number of amides is 1. The summed E-state index contributed by atoms with van der Waals surface area (Å²) in [6, 6.07) is 11.5. The van der Waals surface area contributed by atoms with Gasteiger partial charge in [-0.1, -0.05) is 30.3 Å². The molecular weight excluding hydrogens is 334 g/mol. The van der Waals surface area contributed by atoms with Gasteiger partial charge in [0.2, 0.25) is 0 Å². The standard InChI is InChI=1S/C13H11BrClNOS/c14-12-6-10(8-18-12)13(17)16-7-11(15)9-4-2-1-3-5-9/h1-6,8,11H,7H2,(H,16,17). The molecule has 94 valence electrons. The lowest BCUT2D eigenvalue weighted by Crippen LogP contribution is -2.26. The molecule has 0 fully saturated rings. The number of rotatable bonds is 4. The first-order valence-electron chi connectivity index (χ1n) is 5.38. The smallest absolute Gasteiger partial charge is 0.252 e. The zero-order valence-corrected chi connectivity index (χ0v) is 12.6. The van der Waals surface area contributed by atoms with Gasteiger partial charge in [-0.05, 0) is 27.6 Å². The monoisotopic (exact) mass is 343 g/mol. The molecule has 1 N–H and O–H groups in total. The molecule has 2 rings (SSSR count). The molecule has 1 amide bonds. The predicted molar refractivity (Wildman–Crippen MR) is 79.4 cm³/mol. The molecular formula is C13H11BrClNOS. The number of carbonyl (C=O) groups is 1. The van der Waals surface area contributed by atoms with Crippen molar-refractivity contribution >= 4 is 44.8 Å². The Bertz CT molecular complexity index is 529. The number of halogens is 2. The first-order chi connectivity index (χ1) is 8.66. The Balaban J connectivity index is 1.90. The lowest BCUT2D eigenvalue weighted by Gasteiger charge is -2.10. The van der Waals surface area contributed by atoms with Crippen molar-refractivity contribution in [2.24, 2.45) is 0 Å². The summed E-state index contributed by atoms with van der Waals surface area (Å²) in [5.74, 6) is -0.0986. The molecule has 1 atom stereocenters. The molecule has 0 radical (unpaired) electrons. The maximum Gasteiger partial charge on any atom is 0.252 e. The quantitative estimate of drug-likeness (QED) is 0.827. The van der Waals surface area contributed by atoms with E-state index in [1.54, 1.807) is 6.07 Å². The van der Waals surface area contributed by atoms with Crippen molar-refractivity contribution in [2.75, 3.05) is 6.54 Å². The van der Waals surface area contributed by atoms with Crippen molar-refractivity contribution in [3.05, 3.63) is 56.7 Å². The van der Waals surface area contributed by atoms with Crippen molar-refractivity contribution < 1.29 is 4.79 Å². The van der Waals surface area contributed by atoms with Crippen LogP contribution in [0.15, 0.2) is 45.6 Å². The lowest BCUT2D eigenvalue weighted by atomic mass is 10.1. The maximum absolute atomic E-state index is 11.8. The summed E-state index contributed by atoms with van der Waals surface area (Å²) >= 11 is 11.0. The first kappa shape index (κ1) is 13.6. The summed E-state index contributed by atoms with van der Waals surface area (Å²) < 4.78 is 0.943. The zero-order chi connectivity index (χ0) is 13.0. The zero-order valence-electron chi connectivity index (χ0n) is 9.40. The highest BCUT2D eigenvalue weighted by Gasteiger charge is 2.11. The topological polar surface area (TPSA) is 29.1 Å². The molecule has 0 aliphatic carbocycles. The Hall–Kier alpha value is -0.840. The van der Waals surface area contributed by atoms with Gasteiger partial charge < -0.3 is 5.32 Å². The van der Waals surface area contributed by atoms with Crippen LogP contribution in [-0.4, -0.2) is 12.5 Å².